The van der Waals surface area contributed by atoms with Gasteiger partial charge in [0.25, 0.3) is 0 Å². The first-order chi connectivity index (χ1) is 9.63. The van der Waals surface area contributed by atoms with Gasteiger partial charge in [-0.15, -0.1) is 0 Å². The van der Waals surface area contributed by atoms with Crippen molar-refractivity contribution in [3.63, 3.8) is 0 Å². The van der Waals surface area contributed by atoms with Crippen LogP contribution in [0.3, 0.4) is 0 Å². The summed E-state index contributed by atoms with van der Waals surface area (Å²) in [5.74, 6) is -0.334. The molecule has 2 rings (SSSR count). The summed E-state index contributed by atoms with van der Waals surface area (Å²) >= 11 is 1.27. The van der Waals surface area contributed by atoms with Crippen molar-refractivity contribution < 1.29 is 9.53 Å². The van der Waals surface area contributed by atoms with Crippen LogP contribution < -0.4 is 5.32 Å². The minimum absolute atomic E-state index is 0.334. The summed E-state index contributed by atoms with van der Waals surface area (Å²) in [5, 5.41) is 3.95. The van der Waals surface area contributed by atoms with E-state index in [4.69, 9.17) is 4.74 Å². The molecule has 0 saturated heterocycles. The SMILES string of the molecule is CCOC(=O)c1c(C)nsc1NCc1ncccc1C. The molecule has 0 aromatic carbocycles. The minimum Gasteiger partial charge on any atom is -0.462 e. The Labute approximate surface area is 122 Å². The predicted octanol–water partition coefficient (Wildman–Crippen LogP) is 2.94. The van der Waals surface area contributed by atoms with Crippen LogP contribution in [-0.2, 0) is 11.3 Å². The number of aromatic nitrogens is 2. The largest absolute Gasteiger partial charge is 0.462 e. The summed E-state index contributed by atoms with van der Waals surface area (Å²) in [5.41, 5.74) is 3.27. The normalized spacial score (nSPS) is 10.3. The summed E-state index contributed by atoms with van der Waals surface area (Å²) in [6.07, 6.45) is 1.76. The fraction of sp³-hybridized carbons (Fsp3) is 0.357. The van der Waals surface area contributed by atoms with Crippen molar-refractivity contribution in [2.24, 2.45) is 0 Å². The lowest BCUT2D eigenvalue weighted by Gasteiger charge is -2.08. The number of rotatable bonds is 5. The lowest BCUT2D eigenvalue weighted by atomic mass is 10.2. The Hall–Kier alpha value is -1.95. The third-order valence-electron chi connectivity index (χ3n) is 2.88. The Morgan fingerprint density at radius 2 is 2.25 bits per heavy atom. The van der Waals surface area contributed by atoms with Gasteiger partial charge in [0, 0.05) is 6.20 Å². The minimum atomic E-state index is -0.334. The van der Waals surface area contributed by atoms with Crippen molar-refractivity contribution in [3.05, 3.63) is 40.8 Å². The van der Waals surface area contributed by atoms with Crippen molar-refractivity contribution >= 4 is 22.5 Å². The van der Waals surface area contributed by atoms with E-state index in [-0.39, 0.29) is 5.97 Å². The van der Waals surface area contributed by atoms with Gasteiger partial charge in [-0.2, -0.15) is 4.37 Å². The maximum atomic E-state index is 11.9. The summed E-state index contributed by atoms with van der Waals surface area (Å²) in [7, 11) is 0. The van der Waals surface area contributed by atoms with Crippen LogP contribution in [0, 0.1) is 13.8 Å². The quantitative estimate of drug-likeness (QED) is 0.858. The second-order valence-corrected chi connectivity index (χ2v) is 5.09. The van der Waals surface area contributed by atoms with Gasteiger partial charge in [0.1, 0.15) is 10.6 Å². The number of anilines is 1. The van der Waals surface area contributed by atoms with E-state index in [2.05, 4.69) is 14.7 Å². The number of nitrogens with zero attached hydrogens (tertiary/aromatic N) is 2. The van der Waals surface area contributed by atoms with Crippen LogP contribution >= 0.6 is 11.5 Å². The van der Waals surface area contributed by atoms with Crippen LogP contribution in [0.15, 0.2) is 18.3 Å². The van der Waals surface area contributed by atoms with Gasteiger partial charge in [-0.25, -0.2) is 4.79 Å². The van der Waals surface area contributed by atoms with Gasteiger partial charge >= 0.3 is 5.97 Å². The Balaban J connectivity index is 2.14. The first-order valence-corrected chi connectivity index (χ1v) is 7.18. The van der Waals surface area contributed by atoms with Gasteiger partial charge in [-0.3, -0.25) is 4.98 Å². The average molecular weight is 291 g/mol. The maximum absolute atomic E-state index is 11.9. The molecule has 2 aromatic heterocycles. The molecule has 0 amide bonds. The smallest absolute Gasteiger partial charge is 0.343 e. The predicted molar refractivity (Wildman–Crippen MR) is 79.1 cm³/mol. The highest BCUT2D eigenvalue weighted by Gasteiger charge is 2.19. The Kier molecular flexibility index (Phi) is 4.68. The molecule has 0 saturated carbocycles. The summed E-state index contributed by atoms with van der Waals surface area (Å²) < 4.78 is 9.27. The molecule has 0 fully saturated rings. The summed E-state index contributed by atoms with van der Waals surface area (Å²) in [6, 6.07) is 3.91. The summed E-state index contributed by atoms with van der Waals surface area (Å²) in [6.45, 7) is 6.51. The van der Waals surface area contributed by atoms with Crippen LogP contribution in [0.2, 0.25) is 0 Å². The van der Waals surface area contributed by atoms with Crippen molar-refractivity contribution in [3.8, 4) is 0 Å². The van der Waals surface area contributed by atoms with E-state index >= 15 is 0 Å². The molecular weight excluding hydrogens is 274 g/mol. The number of ether oxygens (including phenoxy) is 1. The molecule has 2 heterocycles. The van der Waals surface area contributed by atoms with Crippen LogP contribution in [0.5, 0.6) is 0 Å². The van der Waals surface area contributed by atoms with E-state index in [0.29, 0.717) is 24.4 Å². The van der Waals surface area contributed by atoms with Gasteiger partial charge in [0.2, 0.25) is 0 Å². The van der Waals surface area contributed by atoms with Gasteiger partial charge in [0.05, 0.1) is 24.5 Å². The van der Waals surface area contributed by atoms with E-state index in [0.717, 1.165) is 16.3 Å². The number of nitrogens with one attached hydrogen (secondary N) is 1. The molecule has 0 aliphatic carbocycles. The van der Waals surface area contributed by atoms with E-state index < -0.39 is 0 Å². The fourth-order valence-corrected chi connectivity index (χ4v) is 2.58. The first-order valence-electron chi connectivity index (χ1n) is 6.41. The van der Waals surface area contributed by atoms with Crippen LogP contribution in [0.1, 0.15) is 34.2 Å². The molecule has 0 aliphatic heterocycles. The highest BCUT2D eigenvalue weighted by Crippen LogP contribution is 2.26. The van der Waals surface area contributed by atoms with Crippen molar-refractivity contribution in [2.45, 2.75) is 27.3 Å². The number of pyridine rings is 1. The average Bonchev–Trinajstić information content (AvgIpc) is 2.79. The highest BCUT2D eigenvalue weighted by atomic mass is 32.1. The number of carbonyl (C=O) groups excluding carboxylic acids is 1. The molecule has 0 unspecified atom stereocenters. The third kappa shape index (κ3) is 3.14. The highest BCUT2D eigenvalue weighted by molar-refractivity contribution is 7.10. The molecule has 0 radical (unpaired) electrons. The van der Waals surface area contributed by atoms with E-state index in [9.17, 15) is 4.79 Å². The lowest BCUT2D eigenvalue weighted by Crippen LogP contribution is -2.10. The molecule has 0 aliphatic rings. The number of carbonyl (C=O) groups is 1. The molecule has 1 N–H and O–H groups in total. The first kappa shape index (κ1) is 14.5. The molecule has 2 aromatic rings. The maximum Gasteiger partial charge on any atom is 0.343 e. The van der Waals surface area contributed by atoms with Crippen LogP contribution in [-0.4, -0.2) is 21.9 Å². The second-order valence-electron chi connectivity index (χ2n) is 4.31. The topological polar surface area (TPSA) is 64.1 Å². The van der Waals surface area contributed by atoms with Crippen molar-refractivity contribution in [1.82, 2.24) is 9.36 Å². The number of hydrogen-bond donors (Lipinski definition) is 1. The monoisotopic (exact) mass is 291 g/mol. The van der Waals surface area contributed by atoms with E-state index in [1.165, 1.54) is 11.5 Å². The zero-order valence-corrected chi connectivity index (χ0v) is 12.6. The van der Waals surface area contributed by atoms with Crippen molar-refractivity contribution in [1.29, 1.82) is 0 Å². The second kappa shape index (κ2) is 6.47. The van der Waals surface area contributed by atoms with E-state index in [1.807, 2.05) is 19.1 Å². The molecule has 106 valence electrons. The third-order valence-corrected chi connectivity index (χ3v) is 3.77. The summed E-state index contributed by atoms with van der Waals surface area (Å²) in [4.78, 5) is 16.2. The van der Waals surface area contributed by atoms with Crippen LogP contribution in [0.25, 0.3) is 0 Å². The lowest BCUT2D eigenvalue weighted by molar-refractivity contribution is 0.0527. The molecule has 0 atom stereocenters. The Morgan fingerprint density at radius 3 is 2.95 bits per heavy atom. The van der Waals surface area contributed by atoms with Gasteiger partial charge in [-0.05, 0) is 43.9 Å². The Morgan fingerprint density at radius 1 is 1.45 bits per heavy atom. The van der Waals surface area contributed by atoms with E-state index in [1.54, 1.807) is 20.0 Å². The standard InChI is InChI=1S/C14H17N3O2S/c1-4-19-14(18)12-10(3)17-20-13(12)16-8-11-9(2)6-5-7-15-11/h5-7,16H,4,8H2,1-3H3. The fourth-order valence-electron chi connectivity index (χ4n) is 1.80. The van der Waals surface area contributed by atoms with Gasteiger partial charge in [0.15, 0.2) is 0 Å². The number of esters is 1. The number of aryl methyl sites for hydroxylation is 2. The van der Waals surface area contributed by atoms with Crippen LogP contribution in [0.4, 0.5) is 5.00 Å². The van der Waals surface area contributed by atoms with Crippen molar-refractivity contribution in [2.75, 3.05) is 11.9 Å². The van der Waals surface area contributed by atoms with Gasteiger partial charge in [-0.1, -0.05) is 6.07 Å². The molecule has 5 nitrogen and oxygen atoms in total. The molecule has 0 spiro atoms. The molecule has 0 bridgehead atoms. The molecular formula is C14H17N3O2S. The zero-order valence-electron chi connectivity index (χ0n) is 11.8. The number of hydrogen-bond acceptors (Lipinski definition) is 6. The zero-order chi connectivity index (χ0) is 14.5. The molecule has 6 heteroatoms. The van der Waals surface area contributed by atoms with Gasteiger partial charge < -0.3 is 10.1 Å². The molecule has 20 heavy (non-hydrogen) atoms. The Bertz CT molecular complexity index is 610.